The molecule has 0 fully saturated rings. The van der Waals surface area contributed by atoms with E-state index in [1.54, 1.807) is 0 Å². The Labute approximate surface area is 138 Å². The van der Waals surface area contributed by atoms with Crippen molar-refractivity contribution in [1.82, 2.24) is 4.57 Å². The summed E-state index contributed by atoms with van der Waals surface area (Å²) in [7, 11) is 0. The first-order chi connectivity index (χ1) is 11.7. The van der Waals surface area contributed by atoms with Crippen molar-refractivity contribution in [1.29, 1.82) is 0 Å². The molecule has 3 rings (SSSR count). The van der Waals surface area contributed by atoms with Crippen LogP contribution in [0.3, 0.4) is 0 Å². The highest BCUT2D eigenvalue weighted by Gasteiger charge is 2.33. The van der Waals surface area contributed by atoms with Crippen LogP contribution in [-0.4, -0.2) is 20.7 Å². The SMILES string of the molecule is O=C(O)c1cc2cc(O)ccc2n1Cc1ccc(C(F)(F)F)c(F)c1. The van der Waals surface area contributed by atoms with Gasteiger partial charge in [0.1, 0.15) is 17.3 Å². The lowest BCUT2D eigenvalue weighted by atomic mass is 10.1. The van der Waals surface area contributed by atoms with Gasteiger partial charge in [-0.25, -0.2) is 9.18 Å². The second kappa shape index (κ2) is 5.80. The van der Waals surface area contributed by atoms with E-state index in [1.165, 1.54) is 28.8 Å². The lowest BCUT2D eigenvalue weighted by Gasteiger charge is -2.12. The highest BCUT2D eigenvalue weighted by Crippen LogP contribution is 2.32. The minimum atomic E-state index is -4.80. The number of carboxylic acid groups (broad SMARTS) is 1. The Morgan fingerprint density at radius 1 is 1.08 bits per heavy atom. The maximum Gasteiger partial charge on any atom is 0.419 e. The lowest BCUT2D eigenvalue weighted by Crippen LogP contribution is -2.11. The van der Waals surface area contributed by atoms with Gasteiger partial charge in [-0.2, -0.15) is 13.2 Å². The number of aromatic carboxylic acids is 1. The fraction of sp³-hybridized carbons (Fsp3) is 0.118. The normalized spacial score (nSPS) is 11.8. The molecule has 0 aliphatic rings. The molecular formula is C17H11F4NO3. The Morgan fingerprint density at radius 2 is 1.80 bits per heavy atom. The quantitative estimate of drug-likeness (QED) is 0.692. The zero-order valence-electron chi connectivity index (χ0n) is 12.5. The molecule has 130 valence electrons. The van der Waals surface area contributed by atoms with Crippen LogP contribution in [0.1, 0.15) is 21.6 Å². The Balaban J connectivity index is 2.07. The number of benzene rings is 2. The third-order valence-electron chi connectivity index (χ3n) is 3.78. The molecule has 0 aliphatic heterocycles. The van der Waals surface area contributed by atoms with Crippen LogP contribution in [0.4, 0.5) is 17.6 Å². The first-order valence-corrected chi connectivity index (χ1v) is 7.08. The number of nitrogens with zero attached hydrogens (tertiary/aromatic N) is 1. The molecule has 0 saturated heterocycles. The van der Waals surface area contributed by atoms with Crippen molar-refractivity contribution in [3.63, 3.8) is 0 Å². The van der Waals surface area contributed by atoms with Crippen molar-refractivity contribution in [2.45, 2.75) is 12.7 Å². The second-order valence-corrected chi connectivity index (χ2v) is 5.48. The average molecular weight is 353 g/mol. The van der Waals surface area contributed by atoms with Crippen LogP contribution >= 0.6 is 0 Å². The van der Waals surface area contributed by atoms with Crippen LogP contribution < -0.4 is 0 Å². The predicted molar refractivity (Wildman–Crippen MR) is 81.1 cm³/mol. The first kappa shape index (κ1) is 16.8. The van der Waals surface area contributed by atoms with Crippen molar-refractivity contribution in [3.8, 4) is 5.75 Å². The largest absolute Gasteiger partial charge is 0.508 e. The van der Waals surface area contributed by atoms with Crippen molar-refractivity contribution in [3.05, 3.63) is 65.1 Å². The summed E-state index contributed by atoms with van der Waals surface area (Å²) in [5.41, 5.74) is -0.869. The van der Waals surface area contributed by atoms with Gasteiger partial charge in [0.15, 0.2) is 0 Å². The first-order valence-electron chi connectivity index (χ1n) is 7.08. The summed E-state index contributed by atoms with van der Waals surface area (Å²) >= 11 is 0. The third kappa shape index (κ3) is 3.15. The Hall–Kier alpha value is -3.03. The van der Waals surface area contributed by atoms with E-state index in [0.29, 0.717) is 17.0 Å². The maximum absolute atomic E-state index is 13.7. The Kier molecular flexibility index (Phi) is 3.90. The number of phenolic OH excluding ortho intramolecular Hbond substituents is 1. The average Bonchev–Trinajstić information content (AvgIpc) is 2.84. The second-order valence-electron chi connectivity index (χ2n) is 5.48. The lowest BCUT2D eigenvalue weighted by molar-refractivity contribution is -0.140. The van der Waals surface area contributed by atoms with Gasteiger partial charge in [-0.1, -0.05) is 6.07 Å². The molecule has 0 radical (unpaired) electrons. The van der Waals surface area contributed by atoms with Gasteiger partial charge in [-0.05, 0) is 42.0 Å². The molecule has 3 aromatic rings. The highest BCUT2D eigenvalue weighted by molar-refractivity contribution is 5.95. The number of halogens is 4. The minimum Gasteiger partial charge on any atom is -0.508 e. The molecule has 0 bridgehead atoms. The van der Waals surface area contributed by atoms with E-state index in [0.717, 1.165) is 12.1 Å². The Morgan fingerprint density at radius 3 is 2.40 bits per heavy atom. The molecule has 2 aromatic carbocycles. The number of fused-ring (bicyclic) bond motifs is 1. The van der Waals surface area contributed by atoms with Crippen LogP contribution in [0.5, 0.6) is 5.75 Å². The van der Waals surface area contributed by atoms with Gasteiger partial charge in [0, 0.05) is 17.4 Å². The molecule has 1 heterocycles. The minimum absolute atomic E-state index is 0.0536. The van der Waals surface area contributed by atoms with Crippen LogP contribution in [0.25, 0.3) is 10.9 Å². The fourth-order valence-corrected chi connectivity index (χ4v) is 2.68. The fourth-order valence-electron chi connectivity index (χ4n) is 2.68. The van der Waals surface area contributed by atoms with Crippen LogP contribution in [0, 0.1) is 5.82 Å². The standard InChI is InChI=1S/C17H11F4NO3/c18-13-5-9(1-3-12(13)17(19,20)21)8-22-14-4-2-11(23)6-10(14)7-15(22)16(24)25/h1-7,23H,8H2,(H,24,25). The van der Waals surface area contributed by atoms with Gasteiger partial charge in [-0.3, -0.25) is 0 Å². The molecule has 0 atom stereocenters. The van der Waals surface area contributed by atoms with Crippen LogP contribution in [-0.2, 0) is 12.7 Å². The number of rotatable bonds is 3. The van der Waals surface area contributed by atoms with E-state index in [2.05, 4.69) is 0 Å². The summed E-state index contributed by atoms with van der Waals surface area (Å²) < 4.78 is 52.9. The van der Waals surface area contributed by atoms with Gasteiger partial charge < -0.3 is 14.8 Å². The Bertz CT molecular complexity index is 976. The number of alkyl halides is 3. The van der Waals surface area contributed by atoms with Crippen molar-refractivity contribution in [2.75, 3.05) is 0 Å². The maximum atomic E-state index is 13.7. The van der Waals surface area contributed by atoms with E-state index in [9.17, 15) is 32.6 Å². The van der Waals surface area contributed by atoms with Crippen molar-refractivity contribution in [2.24, 2.45) is 0 Å². The van der Waals surface area contributed by atoms with E-state index in [-0.39, 0.29) is 23.6 Å². The smallest absolute Gasteiger partial charge is 0.419 e. The number of hydrogen-bond donors (Lipinski definition) is 2. The van der Waals surface area contributed by atoms with Crippen molar-refractivity contribution >= 4 is 16.9 Å². The van der Waals surface area contributed by atoms with Gasteiger partial charge in [0.2, 0.25) is 0 Å². The number of hydrogen-bond acceptors (Lipinski definition) is 2. The molecule has 4 nitrogen and oxygen atoms in total. The zero-order chi connectivity index (χ0) is 18.4. The highest BCUT2D eigenvalue weighted by atomic mass is 19.4. The predicted octanol–water partition coefficient (Wildman–Crippen LogP) is 4.25. The van der Waals surface area contributed by atoms with E-state index >= 15 is 0 Å². The number of carbonyl (C=O) groups is 1. The summed E-state index contributed by atoms with van der Waals surface area (Å²) in [5, 5.41) is 19.3. The van der Waals surface area contributed by atoms with E-state index in [1.807, 2.05) is 0 Å². The van der Waals surface area contributed by atoms with Crippen LogP contribution in [0.2, 0.25) is 0 Å². The zero-order valence-corrected chi connectivity index (χ0v) is 12.5. The topological polar surface area (TPSA) is 62.5 Å². The van der Waals surface area contributed by atoms with E-state index < -0.39 is 23.5 Å². The van der Waals surface area contributed by atoms with Gasteiger partial charge in [0.05, 0.1) is 5.56 Å². The number of carboxylic acids is 1. The number of phenols is 1. The molecule has 0 aliphatic carbocycles. The third-order valence-corrected chi connectivity index (χ3v) is 3.78. The monoisotopic (exact) mass is 353 g/mol. The van der Waals surface area contributed by atoms with Gasteiger partial charge in [-0.15, -0.1) is 0 Å². The summed E-state index contributed by atoms with van der Waals surface area (Å²) in [4.78, 5) is 11.4. The number of aromatic hydroxyl groups is 1. The molecule has 0 saturated carbocycles. The number of aromatic nitrogens is 1. The summed E-state index contributed by atoms with van der Waals surface area (Å²) in [6.45, 7) is -0.134. The van der Waals surface area contributed by atoms with Crippen LogP contribution in [0.15, 0.2) is 42.5 Å². The molecule has 1 aromatic heterocycles. The molecule has 0 amide bonds. The summed E-state index contributed by atoms with van der Waals surface area (Å²) in [6.07, 6.45) is -4.80. The molecular weight excluding hydrogens is 342 g/mol. The summed E-state index contributed by atoms with van der Waals surface area (Å²) in [6, 6.07) is 8.01. The van der Waals surface area contributed by atoms with Crippen molar-refractivity contribution < 1.29 is 32.6 Å². The molecule has 25 heavy (non-hydrogen) atoms. The molecule has 0 spiro atoms. The molecule has 8 heteroatoms. The molecule has 0 unspecified atom stereocenters. The summed E-state index contributed by atoms with van der Waals surface area (Å²) in [5.74, 6) is -2.72. The van der Waals surface area contributed by atoms with E-state index in [4.69, 9.17) is 0 Å². The molecule has 2 N–H and O–H groups in total. The van der Waals surface area contributed by atoms with Gasteiger partial charge >= 0.3 is 12.1 Å². The van der Waals surface area contributed by atoms with Gasteiger partial charge in [0.25, 0.3) is 0 Å².